The number of aliphatic hydroxyl groups excluding tert-OH is 1. The van der Waals surface area contributed by atoms with Gasteiger partial charge in [0.05, 0.1) is 5.69 Å². The molecule has 0 saturated carbocycles. The number of hydrogen-bond donors (Lipinski definition) is 2. The van der Waals surface area contributed by atoms with Crippen LogP contribution in [0.4, 0.5) is 5.69 Å². The molecule has 0 aromatic heterocycles. The summed E-state index contributed by atoms with van der Waals surface area (Å²) >= 11 is 0. The summed E-state index contributed by atoms with van der Waals surface area (Å²) in [6, 6.07) is 5.83. The Kier molecular flexibility index (Phi) is 2.93. The van der Waals surface area contributed by atoms with Crippen molar-refractivity contribution in [1.82, 2.24) is 0 Å². The maximum atomic E-state index is 12.1. The van der Waals surface area contributed by atoms with Crippen molar-refractivity contribution in [2.24, 2.45) is 0 Å². The van der Waals surface area contributed by atoms with Crippen LogP contribution in [0, 0.1) is 0 Å². The SMILES string of the molecule is CCc1ccc2c(c1)N[C@]1(C=C(C)OC(=O)C1=C(C)O)O2. The molecule has 0 radical (unpaired) electrons. The van der Waals surface area contributed by atoms with E-state index in [1.807, 2.05) is 18.2 Å². The number of aliphatic hydroxyl groups is 1. The second-order valence-electron chi connectivity index (χ2n) is 5.25. The fourth-order valence-corrected chi connectivity index (χ4v) is 2.72. The predicted octanol–water partition coefficient (Wildman–Crippen LogP) is 3.04. The minimum Gasteiger partial charge on any atom is -0.512 e. The molecular weight excluding hydrogens is 270 g/mol. The van der Waals surface area contributed by atoms with Crippen LogP contribution in [0.2, 0.25) is 0 Å². The van der Waals surface area contributed by atoms with Gasteiger partial charge in [0.25, 0.3) is 0 Å². The van der Waals surface area contributed by atoms with Gasteiger partial charge in [0.2, 0.25) is 5.72 Å². The van der Waals surface area contributed by atoms with Crippen molar-refractivity contribution in [2.75, 3.05) is 5.32 Å². The van der Waals surface area contributed by atoms with Crippen LogP contribution in [-0.4, -0.2) is 16.8 Å². The topological polar surface area (TPSA) is 67.8 Å². The van der Waals surface area contributed by atoms with Crippen molar-refractivity contribution in [3.8, 4) is 5.75 Å². The Labute approximate surface area is 122 Å². The summed E-state index contributed by atoms with van der Waals surface area (Å²) in [5.74, 6) is 0.344. The number of cyclic esters (lactones) is 1. The van der Waals surface area contributed by atoms with Crippen LogP contribution in [-0.2, 0) is 16.0 Å². The van der Waals surface area contributed by atoms with Gasteiger partial charge in [-0.15, -0.1) is 0 Å². The van der Waals surface area contributed by atoms with E-state index in [1.54, 1.807) is 13.0 Å². The Bertz CT molecular complexity index is 686. The zero-order chi connectivity index (χ0) is 15.2. The zero-order valence-corrected chi connectivity index (χ0v) is 12.2. The summed E-state index contributed by atoms with van der Waals surface area (Å²) in [6.45, 7) is 5.19. The molecule has 0 unspecified atom stereocenters. The van der Waals surface area contributed by atoms with Gasteiger partial charge >= 0.3 is 5.97 Å². The molecule has 5 heteroatoms. The third-order valence-corrected chi connectivity index (χ3v) is 3.64. The first kappa shape index (κ1) is 13.5. The van der Waals surface area contributed by atoms with Crippen molar-refractivity contribution in [3.63, 3.8) is 0 Å². The molecule has 2 heterocycles. The van der Waals surface area contributed by atoms with E-state index in [2.05, 4.69) is 12.2 Å². The first-order valence-corrected chi connectivity index (χ1v) is 6.87. The zero-order valence-electron chi connectivity index (χ0n) is 12.2. The molecule has 0 fully saturated rings. The van der Waals surface area contributed by atoms with E-state index >= 15 is 0 Å². The lowest BCUT2D eigenvalue weighted by Gasteiger charge is -2.31. The number of hydrogen-bond acceptors (Lipinski definition) is 5. The van der Waals surface area contributed by atoms with Crippen LogP contribution in [0.3, 0.4) is 0 Å². The first-order chi connectivity index (χ1) is 9.95. The molecule has 2 aliphatic heterocycles. The van der Waals surface area contributed by atoms with Crippen LogP contribution in [0.25, 0.3) is 0 Å². The van der Waals surface area contributed by atoms with Gasteiger partial charge in [0.1, 0.15) is 22.8 Å². The van der Waals surface area contributed by atoms with Crippen LogP contribution in [0.15, 0.2) is 41.4 Å². The molecule has 1 spiro atoms. The second kappa shape index (κ2) is 4.55. The van der Waals surface area contributed by atoms with E-state index in [9.17, 15) is 9.90 Å². The maximum Gasteiger partial charge on any atom is 0.349 e. The number of anilines is 1. The van der Waals surface area contributed by atoms with Crippen molar-refractivity contribution in [1.29, 1.82) is 0 Å². The molecule has 2 N–H and O–H groups in total. The summed E-state index contributed by atoms with van der Waals surface area (Å²) < 4.78 is 11.0. The molecule has 0 bridgehead atoms. The number of esters is 1. The van der Waals surface area contributed by atoms with Crippen molar-refractivity contribution < 1.29 is 19.4 Å². The van der Waals surface area contributed by atoms with E-state index in [1.165, 1.54) is 6.92 Å². The molecule has 0 aliphatic carbocycles. The number of fused-ring (bicyclic) bond motifs is 1. The molecule has 110 valence electrons. The van der Waals surface area contributed by atoms with E-state index in [0.29, 0.717) is 11.5 Å². The summed E-state index contributed by atoms with van der Waals surface area (Å²) in [4.78, 5) is 12.1. The number of allylic oxidation sites excluding steroid dienone is 2. The summed E-state index contributed by atoms with van der Waals surface area (Å²) in [5.41, 5.74) is 0.828. The molecule has 1 aromatic carbocycles. The van der Waals surface area contributed by atoms with Gasteiger partial charge in [-0.3, -0.25) is 0 Å². The van der Waals surface area contributed by atoms with Gasteiger partial charge in [0, 0.05) is 6.08 Å². The van der Waals surface area contributed by atoms with Crippen molar-refractivity contribution >= 4 is 11.7 Å². The van der Waals surface area contributed by atoms with Crippen LogP contribution >= 0.6 is 0 Å². The average Bonchev–Trinajstić information content (AvgIpc) is 2.73. The third kappa shape index (κ3) is 2.05. The molecule has 0 saturated heterocycles. The third-order valence-electron chi connectivity index (χ3n) is 3.64. The lowest BCUT2D eigenvalue weighted by molar-refractivity contribution is -0.138. The predicted molar refractivity (Wildman–Crippen MR) is 78.0 cm³/mol. The normalized spacial score (nSPS) is 25.7. The van der Waals surface area contributed by atoms with E-state index in [0.717, 1.165) is 17.7 Å². The average molecular weight is 287 g/mol. The lowest BCUT2D eigenvalue weighted by Crippen LogP contribution is -2.47. The van der Waals surface area contributed by atoms with E-state index in [4.69, 9.17) is 9.47 Å². The van der Waals surface area contributed by atoms with E-state index < -0.39 is 11.7 Å². The maximum absolute atomic E-state index is 12.1. The minimum absolute atomic E-state index is 0.0716. The van der Waals surface area contributed by atoms with Gasteiger partial charge in [-0.05, 0) is 38.0 Å². The quantitative estimate of drug-likeness (QED) is 0.472. The standard InChI is InChI=1S/C16H17NO4/c1-4-11-5-6-13-12(7-11)17-16(21-13)8-9(2)20-15(19)14(16)10(3)18/h5-8,17-18H,4H2,1-3H3/t16-/m1/s1. The van der Waals surface area contributed by atoms with Crippen LogP contribution in [0.1, 0.15) is 26.3 Å². The number of nitrogens with one attached hydrogen (secondary N) is 1. The highest BCUT2D eigenvalue weighted by Crippen LogP contribution is 2.44. The molecular formula is C16H17NO4. The number of ether oxygens (including phenoxy) is 2. The van der Waals surface area contributed by atoms with Crippen LogP contribution in [0.5, 0.6) is 5.75 Å². The number of aryl methyl sites for hydroxylation is 1. The Hall–Kier alpha value is -2.43. The number of benzene rings is 1. The Morgan fingerprint density at radius 2 is 2.19 bits per heavy atom. The molecule has 3 rings (SSSR count). The lowest BCUT2D eigenvalue weighted by atomic mass is 9.98. The second-order valence-corrected chi connectivity index (χ2v) is 5.25. The largest absolute Gasteiger partial charge is 0.512 e. The highest BCUT2D eigenvalue weighted by molar-refractivity contribution is 5.95. The van der Waals surface area contributed by atoms with E-state index in [-0.39, 0.29) is 11.3 Å². The fraction of sp³-hybridized carbons (Fsp3) is 0.312. The Balaban J connectivity index is 2.11. The number of carbonyl (C=O) groups excluding carboxylic acids is 1. The highest BCUT2D eigenvalue weighted by atomic mass is 16.6. The van der Waals surface area contributed by atoms with Crippen LogP contribution < -0.4 is 10.1 Å². The molecule has 1 atom stereocenters. The monoisotopic (exact) mass is 287 g/mol. The summed E-state index contributed by atoms with van der Waals surface area (Å²) in [5, 5.41) is 13.1. The number of carbonyl (C=O) groups is 1. The van der Waals surface area contributed by atoms with Gasteiger partial charge in [-0.1, -0.05) is 13.0 Å². The molecule has 0 amide bonds. The van der Waals surface area contributed by atoms with Crippen molar-refractivity contribution in [3.05, 3.63) is 46.9 Å². The fourth-order valence-electron chi connectivity index (χ4n) is 2.72. The summed E-state index contributed by atoms with van der Waals surface area (Å²) in [6.07, 6.45) is 2.57. The Morgan fingerprint density at radius 1 is 1.43 bits per heavy atom. The molecule has 5 nitrogen and oxygen atoms in total. The summed E-state index contributed by atoms with van der Waals surface area (Å²) in [7, 11) is 0. The molecule has 2 aliphatic rings. The van der Waals surface area contributed by atoms with Gasteiger partial charge in [-0.2, -0.15) is 0 Å². The molecule has 1 aromatic rings. The smallest absolute Gasteiger partial charge is 0.349 e. The minimum atomic E-state index is -1.20. The van der Waals surface area contributed by atoms with Gasteiger partial charge < -0.3 is 19.9 Å². The highest BCUT2D eigenvalue weighted by Gasteiger charge is 2.49. The van der Waals surface area contributed by atoms with Gasteiger partial charge in [-0.25, -0.2) is 4.79 Å². The first-order valence-electron chi connectivity index (χ1n) is 6.87. The van der Waals surface area contributed by atoms with Gasteiger partial charge in [0.15, 0.2) is 0 Å². The number of rotatable bonds is 1. The van der Waals surface area contributed by atoms with Crippen molar-refractivity contribution in [2.45, 2.75) is 32.9 Å². The Morgan fingerprint density at radius 3 is 2.86 bits per heavy atom. The molecule has 21 heavy (non-hydrogen) atoms.